The van der Waals surface area contributed by atoms with E-state index in [-0.39, 0.29) is 18.1 Å². The monoisotopic (exact) mass is 210 g/mol. The fourth-order valence-electron chi connectivity index (χ4n) is 1.62. The second kappa shape index (κ2) is 3.43. The molecule has 1 heterocycles. The number of carboxylic acid groups (broad SMARTS) is 1. The molecule has 5 heteroatoms. The van der Waals surface area contributed by atoms with E-state index in [0.29, 0.717) is 5.56 Å². The minimum Gasteiger partial charge on any atom is -0.504 e. The van der Waals surface area contributed by atoms with Gasteiger partial charge in [0.15, 0.2) is 11.5 Å². The Morgan fingerprint density at radius 2 is 2.20 bits per heavy atom. The third-order valence-corrected chi connectivity index (χ3v) is 2.45. The van der Waals surface area contributed by atoms with Crippen LogP contribution in [-0.2, 0) is 4.79 Å². The van der Waals surface area contributed by atoms with E-state index in [9.17, 15) is 15.0 Å². The average Bonchev–Trinajstić information content (AvgIpc) is 2.19. The molecule has 5 nitrogen and oxygen atoms in total. The first-order valence-electron chi connectivity index (χ1n) is 4.47. The molecule has 0 saturated heterocycles. The summed E-state index contributed by atoms with van der Waals surface area (Å²) in [6.45, 7) is -0.138. The van der Waals surface area contributed by atoms with Gasteiger partial charge in [-0.2, -0.15) is 0 Å². The van der Waals surface area contributed by atoms with Gasteiger partial charge >= 0.3 is 5.97 Å². The van der Waals surface area contributed by atoms with Crippen molar-refractivity contribution in [2.24, 2.45) is 5.92 Å². The van der Waals surface area contributed by atoms with Crippen LogP contribution in [0.15, 0.2) is 18.2 Å². The van der Waals surface area contributed by atoms with Gasteiger partial charge in [0.25, 0.3) is 0 Å². The molecule has 2 unspecified atom stereocenters. The van der Waals surface area contributed by atoms with Crippen molar-refractivity contribution in [2.75, 3.05) is 6.61 Å². The van der Waals surface area contributed by atoms with Gasteiger partial charge in [0.05, 0.1) is 6.10 Å². The summed E-state index contributed by atoms with van der Waals surface area (Å²) in [6, 6.07) is 4.49. The highest BCUT2D eigenvalue weighted by atomic mass is 16.5. The van der Waals surface area contributed by atoms with E-state index in [1.54, 1.807) is 0 Å². The second-order valence-corrected chi connectivity index (χ2v) is 3.40. The van der Waals surface area contributed by atoms with Crippen LogP contribution in [0, 0.1) is 5.92 Å². The summed E-state index contributed by atoms with van der Waals surface area (Å²) in [5.74, 6) is -2.02. The van der Waals surface area contributed by atoms with E-state index < -0.39 is 18.0 Å². The van der Waals surface area contributed by atoms with Crippen molar-refractivity contribution in [1.82, 2.24) is 0 Å². The van der Waals surface area contributed by atoms with E-state index in [2.05, 4.69) is 0 Å². The van der Waals surface area contributed by atoms with Gasteiger partial charge in [0, 0.05) is 5.56 Å². The summed E-state index contributed by atoms with van der Waals surface area (Å²) in [5.41, 5.74) is 0.314. The molecule has 2 rings (SSSR count). The lowest BCUT2D eigenvalue weighted by molar-refractivity contribution is -0.148. The Labute approximate surface area is 85.5 Å². The molecule has 80 valence electrons. The quantitative estimate of drug-likeness (QED) is 0.629. The van der Waals surface area contributed by atoms with Crippen LogP contribution in [0.3, 0.4) is 0 Å². The molecule has 3 N–H and O–H groups in total. The molecule has 0 amide bonds. The number of carbonyl (C=O) groups is 1. The second-order valence-electron chi connectivity index (χ2n) is 3.40. The number of phenols is 1. The summed E-state index contributed by atoms with van der Waals surface area (Å²) in [6.07, 6.45) is -1.14. The van der Waals surface area contributed by atoms with Gasteiger partial charge in [-0.25, -0.2) is 0 Å². The largest absolute Gasteiger partial charge is 0.504 e. The number of aliphatic hydroxyl groups is 1. The van der Waals surface area contributed by atoms with Crippen LogP contribution in [0.5, 0.6) is 11.5 Å². The molecular weight excluding hydrogens is 200 g/mol. The minimum absolute atomic E-state index is 0.0876. The zero-order valence-corrected chi connectivity index (χ0v) is 7.75. The van der Waals surface area contributed by atoms with Crippen LogP contribution in [-0.4, -0.2) is 27.9 Å². The molecule has 0 bridgehead atoms. The fourth-order valence-corrected chi connectivity index (χ4v) is 1.62. The number of fused-ring (bicyclic) bond motifs is 1. The minimum atomic E-state index is -1.14. The molecule has 1 aliphatic heterocycles. The Hall–Kier alpha value is -1.75. The Morgan fingerprint density at radius 1 is 1.47 bits per heavy atom. The lowest BCUT2D eigenvalue weighted by Crippen LogP contribution is -2.32. The molecule has 15 heavy (non-hydrogen) atoms. The Balaban J connectivity index is 2.42. The standard InChI is InChI=1S/C10H10O5/c11-7-3-1-2-5-8(12)6(10(13)14)4-15-9(5)7/h1-3,6,8,11-12H,4H2,(H,13,14). The van der Waals surface area contributed by atoms with Crippen LogP contribution >= 0.6 is 0 Å². The molecule has 2 atom stereocenters. The van der Waals surface area contributed by atoms with Crippen molar-refractivity contribution >= 4 is 5.97 Å². The third kappa shape index (κ3) is 1.50. The van der Waals surface area contributed by atoms with Crippen molar-refractivity contribution in [1.29, 1.82) is 0 Å². The number of para-hydroxylation sites is 1. The lowest BCUT2D eigenvalue weighted by atomic mass is 9.93. The molecule has 0 saturated carbocycles. The van der Waals surface area contributed by atoms with E-state index in [0.717, 1.165) is 0 Å². The average molecular weight is 210 g/mol. The van der Waals surface area contributed by atoms with Gasteiger partial charge in [0.2, 0.25) is 0 Å². The van der Waals surface area contributed by atoms with Gasteiger partial charge in [0.1, 0.15) is 12.5 Å². The number of aliphatic hydroxyl groups excluding tert-OH is 1. The number of carboxylic acids is 1. The zero-order chi connectivity index (χ0) is 11.0. The highest BCUT2D eigenvalue weighted by Crippen LogP contribution is 2.40. The Bertz CT molecular complexity index is 401. The first-order chi connectivity index (χ1) is 7.11. The molecule has 0 fully saturated rings. The van der Waals surface area contributed by atoms with Gasteiger partial charge in [-0.3, -0.25) is 4.79 Å². The number of aromatic hydroxyl groups is 1. The molecule has 0 spiro atoms. The maximum atomic E-state index is 10.8. The summed E-state index contributed by atoms with van der Waals surface area (Å²) in [4.78, 5) is 10.8. The molecule has 0 radical (unpaired) electrons. The van der Waals surface area contributed by atoms with E-state index in [1.807, 2.05) is 0 Å². The van der Waals surface area contributed by atoms with Gasteiger partial charge in [-0.05, 0) is 6.07 Å². The normalized spacial score (nSPS) is 24.1. The highest BCUT2D eigenvalue weighted by molar-refractivity contribution is 5.72. The van der Waals surface area contributed by atoms with Gasteiger partial charge < -0.3 is 20.1 Å². The summed E-state index contributed by atoms with van der Waals surface area (Å²) >= 11 is 0. The number of hydrogen-bond acceptors (Lipinski definition) is 4. The topological polar surface area (TPSA) is 87.0 Å². The number of rotatable bonds is 1. The predicted molar refractivity (Wildman–Crippen MR) is 49.7 cm³/mol. The van der Waals surface area contributed by atoms with Crippen molar-refractivity contribution in [2.45, 2.75) is 6.10 Å². The maximum absolute atomic E-state index is 10.8. The summed E-state index contributed by atoms with van der Waals surface area (Å²) in [7, 11) is 0. The van der Waals surface area contributed by atoms with Crippen LogP contribution < -0.4 is 4.74 Å². The highest BCUT2D eigenvalue weighted by Gasteiger charge is 2.35. The Morgan fingerprint density at radius 3 is 2.87 bits per heavy atom. The molecule has 0 aliphatic carbocycles. The SMILES string of the molecule is O=C(O)C1COc2c(O)cccc2C1O. The molecule has 1 aromatic carbocycles. The zero-order valence-electron chi connectivity index (χ0n) is 7.75. The van der Waals surface area contributed by atoms with Crippen molar-refractivity contribution in [3.63, 3.8) is 0 Å². The molecule has 1 aliphatic rings. The van der Waals surface area contributed by atoms with Crippen molar-refractivity contribution in [3.8, 4) is 11.5 Å². The predicted octanol–water partition coefficient (Wildman–Crippen LogP) is 0.519. The van der Waals surface area contributed by atoms with E-state index in [1.165, 1.54) is 18.2 Å². The molecule has 0 aromatic heterocycles. The van der Waals surface area contributed by atoms with Crippen LogP contribution in [0.1, 0.15) is 11.7 Å². The summed E-state index contributed by atoms with van der Waals surface area (Å²) < 4.78 is 5.11. The van der Waals surface area contributed by atoms with Crippen LogP contribution in [0.2, 0.25) is 0 Å². The van der Waals surface area contributed by atoms with E-state index in [4.69, 9.17) is 9.84 Å². The first kappa shape index (κ1) is 9.79. The van der Waals surface area contributed by atoms with Gasteiger partial charge in [-0.1, -0.05) is 12.1 Å². The number of hydrogen-bond donors (Lipinski definition) is 3. The molecular formula is C10H10O5. The number of aliphatic carboxylic acids is 1. The lowest BCUT2D eigenvalue weighted by Gasteiger charge is -2.27. The van der Waals surface area contributed by atoms with Crippen molar-refractivity contribution in [3.05, 3.63) is 23.8 Å². The molecule has 1 aromatic rings. The Kier molecular flexibility index (Phi) is 2.24. The van der Waals surface area contributed by atoms with E-state index >= 15 is 0 Å². The van der Waals surface area contributed by atoms with Gasteiger partial charge in [-0.15, -0.1) is 0 Å². The fraction of sp³-hybridized carbons (Fsp3) is 0.300. The first-order valence-corrected chi connectivity index (χ1v) is 4.47. The number of phenolic OH excluding ortho intramolecular Hbond substituents is 1. The number of benzene rings is 1. The van der Waals surface area contributed by atoms with Crippen LogP contribution in [0.25, 0.3) is 0 Å². The maximum Gasteiger partial charge on any atom is 0.313 e. The summed E-state index contributed by atoms with van der Waals surface area (Å²) in [5, 5.41) is 28.0. The van der Waals surface area contributed by atoms with Crippen LogP contribution in [0.4, 0.5) is 0 Å². The third-order valence-electron chi connectivity index (χ3n) is 2.45. The van der Waals surface area contributed by atoms with Crippen molar-refractivity contribution < 1.29 is 24.9 Å². The number of ether oxygens (including phenoxy) is 1. The smallest absolute Gasteiger partial charge is 0.313 e.